The quantitative estimate of drug-likeness (QED) is 0.283. The molecule has 1 rings (SSSR count). The molecule has 3 N–H and O–H groups in total. The van der Waals surface area contributed by atoms with Gasteiger partial charge in [-0.25, -0.2) is 0 Å². The zero-order valence-corrected chi connectivity index (χ0v) is 16.1. The fourth-order valence-corrected chi connectivity index (χ4v) is 2.97. The summed E-state index contributed by atoms with van der Waals surface area (Å²) in [6, 6.07) is 6.73. The Hall–Kier alpha value is -1.90. The zero-order valence-electron chi connectivity index (χ0n) is 16.1. The van der Waals surface area contributed by atoms with Crippen LogP contribution in [0.2, 0.25) is 0 Å². The Kier molecular flexibility index (Phi) is 10.1. The molecular formula is C19H29BO7. The molecule has 0 saturated heterocycles. The van der Waals surface area contributed by atoms with Crippen molar-refractivity contribution in [1.29, 1.82) is 0 Å². The molecule has 27 heavy (non-hydrogen) atoms. The molecule has 0 amide bonds. The Labute approximate surface area is 160 Å². The minimum absolute atomic E-state index is 0.0574. The van der Waals surface area contributed by atoms with Gasteiger partial charge in [0.05, 0.1) is 18.4 Å². The van der Waals surface area contributed by atoms with Gasteiger partial charge >= 0.3 is 19.1 Å². The van der Waals surface area contributed by atoms with Gasteiger partial charge in [-0.05, 0) is 36.2 Å². The highest BCUT2D eigenvalue weighted by Crippen LogP contribution is 2.28. The number of methoxy groups -OCH3 is 1. The Morgan fingerprint density at radius 3 is 2.19 bits per heavy atom. The molecule has 0 saturated carbocycles. The number of carboxylic acids is 1. The number of aliphatic carboxylic acids is 1. The summed E-state index contributed by atoms with van der Waals surface area (Å²) in [6.07, 6.45) is 1.10. The summed E-state index contributed by atoms with van der Waals surface area (Å²) in [7, 11) is -0.0172. The van der Waals surface area contributed by atoms with E-state index < -0.39 is 30.9 Å². The molecule has 7 nitrogen and oxygen atoms in total. The number of carbonyl (C=O) groups is 2. The average molecular weight is 380 g/mol. The first-order chi connectivity index (χ1) is 12.8. The van der Waals surface area contributed by atoms with Crippen molar-refractivity contribution in [1.82, 2.24) is 0 Å². The third kappa shape index (κ3) is 7.70. The second kappa shape index (κ2) is 11.7. The number of benzene rings is 1. The van der Waals surface area contributed by atoms with Crippen LogP contribution in [-0.4, -0.2) is 54.5 Å². The number of esters is 1. The predicted molar refractivity (Wildman–Crippen MR) is 102 cm³/mol. The second-order valence-corrected chi connectivity index (χ2v) is 6.71. The molecule has 1 aromatic carbocycles. The van der Waals surface area contributed by atoms with E-state index in [1.807, 2.05) is 13.8 Å². The number of hydrogen-bond acceptors (Lipinski definition) is 6. The van der Waals surface area contributed by atoms with Crippen LogP contribution in [0.5, 0.6) is 0 Å². The first-order valence-corrected chi connectivity index (χ1v) is 9.14. The molecule has 1 aromatic rings. The average Bonchev–Trinajstić information content (AvgIpc) is 2.64. The van der Waals surface area contributed by atoms with Gasteiger partial charge < -0.3 is 24.6 Å². The highest BCUT2D eigenvalue weighted by Gasteiger charge is 2.28. The summed E-state index contributed by atoms with van der Waals surface area (Å²) in [5.41, 5.74) is 1.28. The third-order valence-corrected chi connectivity index (χ3v) is 4.72. The van der Waals surface area contributed by atoms with Crippen molar-refractivity contribution < 1.29 is 34.2 Å². The van der Waals surface area contributed by atoms with Crippen LogP contribution in [0, 0.1) is 11.8 Å². The van der Waals surface area contributed by atoms with Crippen LogP contribution in [0.4, 0.5) is 0 Å². The molecule has 0 aromatic heterocycles. The normalized spacial score (nSPS) is 14.3. The third-order valence-electron chi connectivity index (χ3n) is 4.72. The first kappa shape index (κ1) is 23.1. The fourth-order valence-electron chi connectivity index (χ4n) is 2.97. The molecule has 0 radical (unpaired) electrons. The Morgan fingerprint density at radius 1 is 1.07 bits per heavy atom. The van der Waals surface area contributed by atoms with Gasteiger partial charge in [0, 0.05) is 7.11 Å². The molecule has 0 heterocycles. The largest absolute Gasteiger partial charge is 0.488 e. The molecule has 3 unspecified atom stereocenters. The van der Waals surface area contributed by atoms with Crippen molar-refractivity contribution in [3.8, 4) is 0 Å². The van der Waals surface area contributed by atoms with E-state index in [0.717, 1.165) is 5.56 Å². The van der Waals surface area contributed by atoms with Crippen molar-refractivity contribution in [3.05, 3.63) is 29.8 Å². The molecule has 3 atom stereocenters. The van der Waals surface area contributed by atoms with E-state index in [-0.39, 0.29) is 18.9 Å². The fraction of sp³-hybridized carbons (Fsp3) is 0.579. The monoisotopic (exact) mass is 380 g/mol. The number of rotatable bonds is 12. The molecule has 8 heteroatoms. The molecule has 0 spiro atoms. The molecule has 0 aliphatic heterocycles. The van der Waals surface area contributed by atoms with Crippen LogP contribution in [0.1, 0.15) is 44.6 Å². The van der Waals surface area contributed by atoms with Gasteiger partial charge in [0.2, 0.25) is 0 Å². The summed E-state index contributed by atoms with van der Waals surface area (Å²) in [5, 5.41) is 27.9. The van der Waals surface area contributed by atoms with Crippen molar-refractivity contribution in [2.24, 2.45) is 11.8 Å². The summed E-state index contributed by atoms with van der Waals surface area (Å²) in [4.78, 5) is 23.9. The maximum absolute atomic E-state index is 12.1. The minimum atomic E-state index is -1.53. The van der Waals surface area contributed by atoms with E-state index in [4.69, 9.17) is 19.5 Å². The Bertz CT molecular complexity index is 588. The van der Waals surface area contributed by atoms with Crippen LogP contribution in [0.15, 0.2) is 24.3 Å². The maximum atomic E-state index is 12.1. The summed E-state index contributed by atoms with van der Waals surface area (Å²) in [6.45, 7) is 4.21. The van der Waals surface area contributed by atoms with Gasteiger partial charge in [0.1, 0.15) is 6.61 Å². The zero-order chi connectivity index (χ0) is 20.4. The molecule has 150 valence electrons. The molecular weight excluding hydrogens is 351 g/mol. The molecule has 0 bridgehead atoms. The van der Waals surface area contributed by atoms with Gasteiger partial charge in [-0.2, -0.15) is 0 Å². The molecule has 0 aliphatic rings. The van der Waals surface area contributed by atoms with Crippen molar-refractivity contribution >= 4 is 24.5 Å². The van der Waals surface area contributed by atoms with E-state index in [1.54, 1.807) is 24.3 Å². The van der Waals surface area contributed by atoms with Gasteiger partial charge in [-0.1, -0.05) is 38.1 Å². The van der Waals surface area contributed by atoms with Crippen molar-refractivity contribution in [2.45, 2.75) is 39.0 Å². The summed E-state index contributed by atoms with van der Waals surface area (Å²) >= 11 is 0. The van der Waals surface area contributed by atoms with Crippen molar-refractivity contribution in [2.75, 3.05) is 20.3 Å². The van der Waals surface area contributed by atoms with Gasteiger partial charge in [-0.15, -0.1) is 0 Å². The number of carbonyl (C=O) groups excluding carboxylic acids is 1. The first-order valence-electron chi connectivity index (χ1n) is 9.14. The Balaban J connectivity index is 2.73. The predicted octanol–water partition coefficient (Wildman–Crippen LogP) is 1.17. The van der Waals surface area contributed by atoms with E-state index >= 15 is 0 Å². The standard InChI is InChI=1S/C19H29BO7/c1-4-14(19(23)27-10-9-26-3)12-16(18(21)22)11-13(2)15-5-7-17(8-6-15)20(24)25/h5-8,13-14,16,24-25H,4,9-12H2,1-3H3,(H,21,22). The minimum Gasteiger partial charge on any atom is -0.481 e. The molecule has 0 aliphatic carbocycles. The van der Waals surface area contributed by atoms with E-state index in [1.165, 1.54) is 7.11 Å². The second-order valence-electron chi connectivity index (χ2n) is 6.71. The van der Waals surface area contributed by atoms with Crippen LogP contribution >= 0.6 is 0 Å². The summed E-state index contributed by atoms with van der Waals surface area (Å²) in [5.74, 6) is -2.54. The van der Waals surface area contributed by atoms with Crippen LogP contribution in [-0.2, 0) is 19.1 Å². The number of carboxylic acid groups (broad SMARTS) is 1. The Morgan fingerprint density at radius 2 is 1.70 bits per heavy atom. The smallest absolute Gasteiger partial charge is 0.481 e. The van der Waals surface area contributed by atoms with E-state index in [9.17, 15) is 14.7 Å². The highest BCUT2D eigenvalue weighted by molar-refractivity contribution is 6.58. The lowest BCUT2D eigenvalue weighted by molar-refractivity contribution is -0.152. The lowest BCUT2D eigenvalue weighted by Gasteiger charge is -2.22. The molecule has 0 fully saturated rings. The number of hydrogen-bond donors (Lipinski definition) is 3. The van der Waals surface area contributed by atoms with Gasteiger partial charge in [0.15, 0.2) is 0 Å². The van der Waals surface area contributed by atoms with Gasteiger partial charge in [0.25, 0.3) is 0 Å². The summed E-state index contributed by atoms with van der Waals surface area (Å²) < 4.78 is 9.98. The van der Waals surface area contributed by atoms with Gasteiger partial charge in [-0.3, -0.25) is 9.59 Å². The van der Waals surface area contributed by atoms with Crippen molar-refractivity contribution in [3.63, 3.8) is 0 Å². The van der Waals surface area contributed by atoms with Crippen LogP contribution < -0.4 is 5.46 Å². The van der Waals surface area contributed by atoms with E-state index in [2.05, 4.69) is 0 Å². The maximum Gasteiger partial charge on any atom is 0.488 e. The van der Waals surface area contributed by atoms with Crippen LogP contribution in [0.3, 0.4) is 0 Å². The number of ether oxygens (including phenoxy) is 2. The lowest BCUT2D eigenvalue weighted by Crippen LogP contribution is -2.29. The van der Waals surface area contributed by atoms with Crippen LogP contribution in [0.25, 0.3) is 0 Å². The topological polar surface area (TPSA) is 113 Å². The lowest BCUT2D eigenvalue weighted by atomic mass is 9.78. The highest BCUT2D eigenvalue weighted by atomic mass is 16.6. The SMILES string of the molecule is CCC(CC(CC(C)c1ccc(B(O)O)cc1)C(=O)O)C(=O)OCCOC. The van der Waals surface area contributed by atoms with E-state index in [0.29, 0.717) is 24.9 Å².